The molecule has 3 aromatic rings. The van der Waals surface area contributed by atoms with Crippen molar-refractivity contribution in [1.29, 1.82) is 0 Å². The first-order valence-corrected chi connectivity index (χ1v) is 9.96. The molecular weight excluding hydrogens is 454 g/mol. The Hall–Kier alpha value is -2.85. The maximum Gasteiger partial charge on any atom is 0.573 e. The second kappa shape index (κ2) is 8.25. The van der Waals surface area contributed by atoms with Crippen LogP contribution in [0.15, 0.2) is 30.3 Å². The average Bonchev–Trinajstić information content (AvgIpc) is 2.96. The van der Waals surface area contributed by atoms with Crippen LogP contribution in [-0.4, -0.2) is 47.2 Å². The molecule has 0 bridgehead atoms. The molecule has 0 unspecified atom stereocenters. The van der Waals surface area contributed by atoms with Gasteiger partial charge in [0.25, 0.3) is 0 Å². The summed E-state index contributed by atoms with van der Waals surface area (Å²) in [5, 5.41) is 5.28. The summed E-state index contributed by atoms with van der Waals surface area (Å²) in [6.45, 7) is 3.24. The first-order valence-electron chi connectivity index (χ1n) is 9.58. The molecule has 1 saturated heterocycles. The normalized spacial score (nSPS) is 15.1. The highest BCUT2D eigenvalue weighted by molar-refractivity contribution is 6.30. The van der Waals surface area contributed by atoms with Crippen molar-refractivity contribution in [3.63, 3.8) is 0 Å². The number of aromatic nitrogens is 2. The lowest BCUT2D eigenvalue weighted by atomic mass is 10.1. The van der Waals surface area contributed by atoms with Gasteiger partial charge in [0.1, 0.15) is 11.6 Å². The number of aryl methyl sites for hydroxylation is 1. The van der Waals surface area contributed by atoms with Gasteiger partial charge in [-0.2, -0.15) is 5.10 Å². The zero-order valence-electron chi connectivity index (χ0n) is 17.0. The molecule has 170 valence electrons. The Labute approximate surface area is 185 Å². The largest absolute Gasteiger partial charge is 0.573 e. The van der Waals surface area contributed by atoms with Crippen molar-refractivity contribution >= 4 is 28.5 Å². The Morgan fingerprint density at radius 2 is 1.94 bits per heavy atom. The van der Waals surface area contributed by atoms with Crippen molar-refractivity contribution < 1.29 is 31.8 Å². The Morgan fingerprint density at radius 1 is 1.22 bits per heavy atom. The van der Waals surface area contributed by atoms with Crippen molar-refractivity contribution in [3.05, 3.63) is 58.0 Å². The summed E-state index contributed by atoms with van der Waals surface area (Å²) in [5.74, 6) is -1.83. The van der Waals surface area contributed by atoms with Gasteiger partial charge in [0.15, 0.2) is 0 Å². The van der Waals surface area contributed by atoms with E-state index in [9.17, 15) is 22.4 Å². The van der Waals surface area contributed by atoms with Crippen LogP contribution >= 0.6 is 11.6 Å². The first kappa shape index (κ1) is 22.3. The Bertz CT molecular complexity index is 1190. The van der Waals surface area contributed by atoms with Crippen LogP contribution in [0.4, 0.5) is 17.6 Å². The molecule has 0 spiro atoms. The quantitative estimate of drug-likeness (QED) is 0.392. The highest BCUT2D eigenvalue weighted by atomic mass is 35.5. The number of benzene rings is 2. The van der Waals surface area contributed by atoms with E-state index in [-0.39, 0.29) is 22.4 Å². The van der Waals surface area contributed by atoms with E-state index in [0.717, 1.165) is 6.07 Å². The number of hydrogen-bond donors (Lipinski definition) is 0. The fraction of sp³-hybridized carbons (Fsp3) is 0.333. The topological polar surface area (TPSA) is 56.6 Å². The summed E-state index contributed by atoms with van der Waals surface area (Å²) in [7, 11) is 1.18. The van der Waals surface area contributed by atoms with Crippen LogP contribution < -0.4 is 4.74 Å². The molecule has 11 heteroatoms. The Kier molecular flexibility index (Phi) is 5.76. The molecule has 0 radical (unpaired) electrons. The summed E-state index contributed by atoms with van der Waals surface area (Å²) in [6.07, 6.45) is -4.80. The van der Waals surface area contributed by atoms with Crippen LogP contribution in [0, 0.1) is 12.7 Å². The molecule has 2 heterocycles. The third-order valence-corrected chi connectivity index (χ3v) is 5.46. The number of rotatable bonds is 5. The van der Waals surface area contributed by atoms with Gasteiger partial charge in [0.2, 0.25) is 0 Å². The van der Waals surface area contributed by atoms with Crippen molar-refractivity contribution in [2.45, 2.75) is 25.9 Å². The molecule has 1 aromatic heterocycles. The second-order valence-corrected chi connectivity index (χ2v) is 8.00. The first-order chi connectivity index (χ1) is 15.0. The van der Waals surface area contributed by atoms with Gasteiger partial charge in [-0.1, -0.05) is 11.6 Å². The van der Waals surface area contributed by atoms with Crippen molar-refractivity contribution in [3.8, 4) is 5.75 Å². The third-order valence-electron chi connectivity index (χ3n) is 5.24. The highest BCUT2D eigenvalue weighted by Gasteiger charge is 2.33. The van der Waals surface area contributed by atoms with Crippen molar-refractivity contribution in [1.82, 2.24) is 14.7 Å². The molecule has 0 amide bonds. The van der Waals surface area contributed by atoms with Gasteiger partial charge >= 0.3 is 12.3 Å². The number of esters is 1. The predicted molar refractivity (Wildman–Crippen MR) is 108 cm³/mol. The highest BCUT2D eigenvalue weighted by Crippen LogP contribution is 2.32. The number of carbonyl (C=O) groups is 1. The number of ether oxygens (including phenoxy) is 2. The molecule has 0 saturated carbocycles. The van der Waals surface area contributed by atoms with Gasteiger partial charge in [-0.05, 0) is 36.8 Å². The maximum absolute atomic E-state index is 14.4. The molecule has 0 N–H and O–H groups in total. The van der Waals surface area contributed by atoms with Crippen LogP contribution in [-0.2, 0) is 11.3 Å². The lowest BCUT2D eigenvalue weighted by Crippen LogP contribution is -2.47. The van der Waals surface area contributed by atoms with E-state index in [1.807, 2.05) is 4.90 Å². The molecule has 1 aliphatic rings. The maximum atomic E-state index is 14.4. The van der Waals surface area contributed by atoms with Crippen LogP contribution in [0.2, 0.25) is 5.02 Å². The minimum atomic E-state index is -4.80. The number of fused-ring (bicyclic) bond motifs is 1. The molecule has 2 aromatic carbocycles. The molecule has 6 nitrogen and oxygen atoms in total. The van der Waals surface area contributed by atoms with Crippen LogP contribution in [0.25, 0.3) is 10.9 Å². The molecule has 4 rings (SSSR count). The number of methoxy groups -OCH3 is 1. The second-order valence-electron chi connectivity index (χ2n) is 7.56. The van der Waals surface area contributed by atoms with Gasteiger partial charge in [0.05, 0.1) is 29.9 Å². The van der Waals surface area contributed by atoms with E-state index in [1.54, 1.807) is 17.7 Å². The zero-order valence-corrected chi connectivity index (χ0v) is 17.8. The minimum absolute atomic E-state index is 0.0559. The van der Waals surface area contributed by atoms with E-state index in [1.165, 1.54) is 25.3 Å². The summed E-state index contributed by atoms with van der Waals surface area (Å²) < 4.78 is 62.2. The standard InChI is InChI=1S/C21H18ClF4N3O3/c1-11-16-6-17(20(30)31-2)18(23)7-19(16)29(27-11)14-9-28(10-14)8-12-3-13(22)5-15(4-12)32-21(24,25)26/h3-7,14H,8-10H2,1-2H3. The summed E-state index contributed by atoms with van der Waals surface area (Å²) in [4.78, 5) is 13.8. The Balaban J connectivity index is 1.49. The Morgan fingerprint density at radius 3 is 2.59 bits per heavy atom. The summed E-state index contributed by atoms with van der Waals surface area (Å²) in [6, 6.07) is 6.62. The van der Waals surface area contributed by atoms with Gasteiger partial charge in [-0.3, -0.25) is 9.58 Å². The zero-order chi connectivity index (χ0) is 23.2. The summed E-state index contributed by atoms with van der Waals surface area (Å²) in [5.41, 5.74) is 1.62. The number of hydrogen-bond acceptors (Lipinski definition) is 5. The van der Waals surface area contributed by atoms with Gasteiger partial charge in [0, 0.05) is 36.1 Å². The molecule has 0 atom stereocenters. The lowest BCUT2D eigenvalue weighted by Gasteiger charge is -2.39. The van der Waals surface area contributed by atoms with E-state index in [0.29, 0.717) is 41.8 Å². The smallest absolute Gasteiger partial charge is 0.465 e. The minimum Gasteiger partial charge on any atom is -0.465 e. The summed E-state index contributed by atoms with van der Waals surface area (Å²) >= 11 is 5.93. The van der Waals surface area contributed by atoms with E-state index < -0.39 is 18.1 Å². The monoisotopic (exact) mass is 471 g/mol. The molecule has 1 fully saturated rings. The van der Waals surface area contributed by atoms with Gasteiger partial charge in [-0.15, -0.1) is 13.2 Å². The SMILES string of the molecule is COC(=O)c1cc2c(C)nn(C3CN(Cc4cc(Cl)cc(OC(F)(F)F)c4)C3)c2cc1F. The number of likely N-dealkylation sites (tertiary alicyclic amines) is 1. The van der Waals surface area contributed by atoms with E-state index >= 15 is 0 Å². The molecule has 0 aliphatic carbocycles. The number of nitrogens with zero attached hydrogens (tertiary/aromatic N) is 3. The van der Waals surface area contributed by atoms with E-state index in [4.69, 9.17) is 11.6 Å². The molecule has 1 aliphatic heterocycles. The number of alkyl halides is 3. The van der Waals surface area contributed by atoms with Crippen LogP contribution in [0.5, 0.6) is 5.75 Å². The van der Waals surface area contributed by atoms with Crippen molar-refractivity contribution in [2.75, 3.05) is 20.2 Å². The van der Waals surface area contributed by atoms with Gasteiger partial charge in [-0.25, -0.2) is 9.18 Å². The van der Waals surface area contributed by atoms with Crippen molar-refractivity contribution in [2.24, 2.45) is 0 Å². The lowest BCUT2D eigenvalue weighted by molar-refractivity contribution is -0.274. The molecule has 32 heavy (non-hydrogen) atoms. The van der Waals surface area contributed by atoms with E-state index in [2.05, 4.69) is 14.6 Å². The molecular formula is C21H18ClF4N3O3. The number of carbonyl (C=O) groups excluding carboxylic acids is 1. The van der Waals surface area contributed by atoms with Gasteiger partial charge < -0.3 is 9.47 Å². The van der Waals surface area contributed by atoms with Crippen LogP contribution in [0.1, 0.15) is 27.7 Å². The third kappa shape index (κ3) is 4.51. The fourth-order valence-electron chi connectivity index (χ4n) is 3.85. The average molecular weight is 472 g/mol. The number of halogens is 5. The predicted octanol–water partition coefficient (Wildman–Crippen LogP) is 4.88. The fourth-order valence-corrected chi connectivity index (χ4v) is 4.09. The van der Waals surface area contributed by atoms with Crippen LogP contribution in [0.3, 0.4) is 0 Å².